The number of rotatable bonds is 9. The van der Waals surface area contributed by atoms with Gasteiger partial charge in [-0.25, -0.2) is 17.5 Å². The van der Waals surface area contributed by atoms with E-state index in [1.807, 2.05) is 0 Å². The Balaban J connectivity index is 2.68. The van der Waals surface area contributed by atoms with Crippen molar-refractivity contribution in [3.8, 4) is 0 Å². The van der Waals surface area contributed by atoms with Crippen molar-refractivity contribution in [1.82, 2.24) is 4.72 Å². The van der Waals surface area contributed by atoms with Crippen LogP contribution in [0.4, 0.5) is 4.39 Å². The van der Waals surface area contributed by atoms with E-state index in [0.29, 0.717) is 13.0 Å². The molecule has 120 valence electrons. The van der Waals surface area contributed by atoms with Gasteiger partial charge in [0.1, 0.15) is 5.82 Å². The van der Waals surface area contributed by atoms with E-state index in [0.717, 1.165) is 18.9 Å². The molecule has 0 spiro atoms. The quantitative estimate of drug-likeness (QED) is 0.675. The number of hydrogen-bond acceptors (Lipinski definition) is 4. The predicted molar refractivity (Wildman–Crippen MR) is 80.2 cm³/mol. The van der Waals surface area contributed by atoms with Crippen LogP contribution < -0.4 is 10.5 Å². The SMILES string of the molecule is COCCCCCNS(=O)(=O)c1cc(F)c(Cl)c(CN)c1. The van der Waals surface area contributed by atoms with Crippen LogP contribution in [0.5, 0.6) is 0 Å². The number of benzene rings is 1. The first kappa shape index (κ1) is 18.3. The summed E-state index contributed by atoms with van der Waals surface area (Å²) in [5, 5.41) is -0.143. The van der Waals surface area contributed by atoms with E-state index in [2.05, 4.69) is 4.72 Å². The van der Waals surface area contributed by atoms with Crippen molar-refractivity contribution >= 4 is 21.6 Å². The largest absolute Gasteiger partial charge is 0.385 e. The smallest absolute Gasteiger partial charge is 0.240 e. The molecule has 3 N–H and O–H groups in total. The van der Waals surface area contributed by atoms with E-state index < -0.39 is 15.8 Å². The third-order valence-electron chi connectivity index (χ3n) is 2.92. The molecule has 0 heterocycles. The molecule has 1 rings (SSSR count). The van der Waals surface area contributed by atoms with Crippen LogP contribution >= 0.6 is 11.6 Å². The molecule has 0 saturated carbocycles. The van der Waals surface area contributed by atoms with Crippen molar-refractivity contribution < 1.29 is 17.5 Å². The number of methoxy groups -OCH3 is 1. The lowest BCUT2D eigenvalue weighted by Gasteiger charge is -2.10. The van der Waals surface area contributed by atoms with E-state index in [1.54, 1.807) is 7.11 Å². The fraction of sp³-hybridized carbons (Fsp3) is 0.538. The maximum atomic E-state index is 13.6. The first-order valence-corrected chi connectivity index (χ1v) is 8.45. The molecule has 0 bridgehead atoms. The molecule has 1 aromatic carbocycles. The molecule has 21 heavy (non-hydrogen) atoms. The van der Waals surface area contributed by atoms with Crippen molar-refractivity contribution in [3.63, 3.8) is 0 Å². The van der Waals surface area contributed by atoms with Crippen LogP contribution in [-0.4, -0.2) is 28.7 Å². The Hall–Kier alpha value is -0.730. The second-order valence-corrected chi connectivity index (χ2v) is 6.68. The minimum absolute atomic E-state index is 0.0316. The third kappa shape index (κ3) is 5.52. The maximum absolute atomic E-state index is 13.6. The summed E-state index contributed by atoms with van der Waals surface area (Å²) in [7, 11) is -2.14. The van der Waals surface area contributed by atoms with Gasteiger partial charge in [-0.2, -0.15) is 0 Å². The van der Waals surface area contributed by atoms with E-state index >= 15 is 0 Å². The highest BCUT2D eigenvalue weighted by molar-refractivity contribution is 7.89. The molecule has 0 aliphatic carbocycles. The van der Waals surface area contributed by atoms with Gasteiger partial charge in [0.05, 0.1) is 9.92 Å². The Kier molecular flexibility index (Phi) is 7.55. The summed E-state index contributed by atoms with van der Waals surface area (Å²) in [5.41, 5.74) is 5.68. The van der Waals surface area contributed by atoms with E-state index in [1.165, 1.54) is 6.07 Å². The number of hydrogen-bond donors (Lipinski definition) is 2. The lowest BCUT2D eigenvalue weighted by atomic mass is 10.2. The van der Waals surface area contributed by atoms with Gasteiger partial charge in [0, 0.05) is 26.8 Å². The first-order chi connectivity index (χ1) is 9.92. The third-order valence-corrected chi connectivity index (χ3v) is 4.79. The van der Waals surface area contributed by atoms with Crippen molar-refractivity contribution in [3.05, 3.63) is 28.5 Å². The summed E-state index contributed by atoms with van der Waals surface area (Å²) in [6.45, 7) is 0.902. The molecule has 5 nitrogen and oxygen atoms in total. The number of ether oxygens (including phenoxy) is 1. The molecule has 0 radical (unpaired) electrons. The highest BCUT2D eigenvalue weighted by Crippen LogP contribution is 2.24. The van der Waals surface area contributed by atoms with Crippen LogP contribution in [0.1, 0.15) is 24.8 Å². The van der Waals surface area contributed by atoms with Gasteiger partial charge in [0.15, 0.2) is 0 Å². The second-order valence-electron chi connectivity index (χ2n) is 4.53. The molecular weight excluding hydrogens is 319 g/mol. The monoisotopic (exact) mass is 338 g/mol. The molecule has 0 unspecified atom stereocenters. The Morgan fingerprint density at radius 1 is 1.33 bits per heavy atom. The van der Waals surface area contributed by atoms with Crippen LogP contribution in [0.25, 0.3) is 0 Å². The van der Waals surface area contributed by atoms with Gasteiger partial charge in [-0.1, -0.05) is 11.6 Å². The normalized spacial score (nSPS) is 11.8. The minimum Gasteiger partial charge on any atom is -0.385 e. The number of nitrogens with one attached hydrogen (secondary N) is 1. The highest BCUT2D eigenvalue weighted by atomic mass is 35.5. The standard InChI is InChI=1S/C13H20ClFN2O3S/c1-20-6-4-2-3-5-17-21(18,19)11-7-10(9-16)13(14)12(15)8-11/h7-8,17H,2-6,9,16H2,1H3. The molecule has 0 saturated heterocycles. The van der Waals surface area contributed by atoms with Crippen LogP contribution in [0.3, 0.4) is 0 Å². The van der Waals surface area contributed by atoms with Crippen molar-refractivity contribution in [2.75, 3.05) is 20.3 Å². The van der Waals surface area contributed by atoms with Gasteiger partial charge in [-0.15, -0.1) is 0 Å². The number of sulfonamides is 1. The van der Waals surface area contributed by atoms with Crippen molar-refractivity contribution in [2.24, 2.45) is 5.73 Å². The van der Waals surface area contributed by atoms with E-state index in [9.17, 15) is 12.8 Å². The van der Waals surface area contributed by atoms with E-state index in [4.69, 9.17) is 22.1 Å². The number of halogens is 2. The van der Waals surface area contributed by atoms with E-state index in [-0.39, 0.29) is 28.6 Å². The van der Waals surface area contributed by atoms with Gasteiger partial charge in [0.2, 0.25) is 10.0 Å². The highest BCUT2D eigenvalue weighted by Gasteiger charge is 2.18. The average Bonchev–Trinajstić information content (AvgIpc) is 2.45. The van der Waals surface area contributed by atoms with Gasteiger partial charge in [0.25, 0.3) is 0 Å². The van der Waals surface area contributed by atoms with Crippen LogP contribution in [-0.2, 0) is 21.3 Å². The molecule has 0 atom stereocenters. The Bertz CT molecular complexity index is 567. The number of nitrogens with two attached hydrogens (primary N) is 1. The second kappa shape index (κ2) is 8.65. The Morgan fingerprint density at radius 3 is 2.67 bits per heavy atom. The predicted octanol–water partition coefficient (Wildman–Crippen LogP) is 2.03. The van der Waals surface area contributed by atoms with Gasteiger partial charge >= 0.3 is 0 Å². The minimum atomic E-state index is -3.76. The molecule has 8 heteroatoms. The van der Waals surface area contributed by atoms with Gasteiger partial charge in [-0.05, 0) is 37.0 Å². The van der Waals surface area contributed by atoms with Crippen LogP contribution in [0.2, 0.25) is 5.02 Å². The number of unbranched alkanes of at least 4 members (excludes halogenated alkanes) is 2. The summed E-state index contributed by atoms with van der Waals surface area (Å²) in [6, 6.07) is 2.19. The average molecular weight is 339 g/mol. The molecule has 0 aliphatic heterocycles. The Labute approximate surface area is 129 Å². The fourth-order valence-corrected chi connectivity index (χ4v) is 3.08. The summed E-state index contributed by atoms with van der Waals surface area (Å²) in [6.07, 6.45) is 2.40. The maximum Gasteiger partial charge on any atom is 0.240 e. The lowest BCUT2D eigenvalue weighted by molar-refractivity contribution is 0.192. The topological polar surface area (TPSA) is 81.4 Å². The summed E-state index contributed by atoms with van der Waals surface area (Å²) >= 11 is 5.71. The van der Waals surface area contributed by atoms with Crippen molar-refractivity contribution in [2.45, 2.75) is 30.7 Å². The first-order valence-electron chi connectivity index (χ1n) is 6.59. The van der Waals surface area contributed by atoms with Gasteiger partial charge in [-0.3, -0.25) is 0 Å². The zero-order valence-electron chi connectivity index (χ0n) is 11.9. The molecule has 0 aromatic heterocycles. The molecule has 0 aliphatic rings. The molecule has 0 fully saturated rings. The fourth-order valence-electron chi connectivity index (χ4n) is 1.76. The Morgan fingerprint density at radius 2 is 2.05 bits per heavy atom. The van der Waals surface area contributed by atoms with Crippen LogP contribution in [0, 0.1) is 5.82 Å². The zero-order chi connectivity index (χ0) is 15.9. The lowest BCUT2D eigenvalue weighted by Crippen LogP contribution is -2.25. The molecule has 0 amide bonds. The van der Waals surface area contributed by atoms with Crippen LogP contribution in [0.15, 0.2) is 17.0 Å². The summed E-state index contributed by atoms with van der Waals surface area (Å²) < 4.78 is 45.1. The summed E-state index contributed by atoms with van der Waals surface area (Å²) in [5.74, 6) is -0.792. The van der Waals surface area contributed by atoms with Crippen molar-refractivity contribution in [1.29, 1.82) is 0 Å². The molecule has 1 aromatic rings. The molecular formula is C13H20ClFN2O3S. The zero-order valence-corrected chi connectivity index (χ0v) is 13.4. The van der Waals surface area contributed by atoms with Gasteiger partial charge < -0.3 is 10.5 Å². The summed E-state index contributed by atoms with van der Waals surface area (Å²) in [4.78, 5) is -0.165.